The molecule has 0 unspecified atom stereocenters. The van der Waals surface area contributed by atoms with Crippen molar-refractivity contribution in [1.82, 2.24) is 4.90 Å². The number of carbonyl (C=O) groups excluding carboxylic acids is 2. The Balaban J connectivity index is 1.65. The normalized spacial score (nSPS) is 18.2. The minimum atomic E-state index is 0.0845. The van der Waals surface area contributed by atoms with E-state index in [1.807, 2.05) is 40.1 Å². The molecule has 1 saturated carbocycles. The van der Waals surface area contributed by atoms with Crippen molar-refractivity contribution in [2.24, 2.45) is 0 Å². The maximum absolute atomic E-state index is 12.3. The number of nitrogens with zero attached hydrogens (tertiary/aromatic N) is 2. The molecule has 1 heterocycles. The molecule has 0 radical (unpaired) electrons. The van der Waals surface area contributed by atoms with Gasteiger partial charge >= 0.3 is 0 Å². The van der Waals surface area contributed by atoms with Crippen molar-refractivity contribution >= 4 is 23.6 Å². The largest absolute Gasteiger partial charge is 0.334 e. The van der Waals surface area contributed by atoms with Gasteiger partial charge in [-0.2, -0.15) is 0 Å². The van der Waals surface area contributed by atoms with E-state index in [1.54, 1.807) is 6.08 Å². The Bertz CT molecular complexity index is 613. The number of rotatable bonds is 5. The highest BCUT2D eigenvalue weighted by atomic mass is 16.2. The van der Waals surface area contributed by atoms with Crippen LogP contribution in [-0.2, 0) is 9.59 Å². The quantitative estimate of drug-likeness (QED) is 0.783. The number of hydrogen-bond donors (Lipinski definition) is 0. The molecule has 122 valence electrons. The van der Waals surface area contributed by atoms with Gasteiger partial charge in [-0.05, 0) is 56.9 Å². The zero-order valence-corrected chi connectivity index (χ0v) is 13.9. The van der Waals surface area contributed by atoms with Crippen LogP contribution in [0.25, 0.3) is 6.08 Å². The molecule has 4 nitrogen and oxygen atoms in total. The van der Waals surface area contributed by atoms with Crippen molar-refractivity contribution in [2.45, 2.75) is 51.6 Å². The van der Waals surface area contributed by atoms with Crippen LogP contribution >= 0.6 is 0 Å². The van der Waals surface area contributed by atoms with Crippen LogP contribution in [0, 0.1) is 0 Å². The van der Waals surface area contributed by atoms with Gasteiger partial charge in [0, 0.05) is 36.8 Å². The van der Waals surface area contributed by atoms with Crippen LogP contribution in [0.15, 0.2) is 30.3 Å². The van der Waals surface area contributed by atoms with Crippen molar-refractivity contribution in [2.75, 3.05) is 11.4 Å². The van der Waals surface area contributed by atoms with Gasteiger partial charge in [0.2, 0.25) is 11.8 Å². The first-order valence-electron chi connectivity index (χ1n) is 8.47. The van der Waals surface area contributed by atoms with E-state index in [2.05, 4.69) is 13.8 Å². The van der Waals surface area contributed by atoms with Crippen molar-refractivity contribution in [1.29, 1.82) is 0 Å². The molecule has 0 atom stereocenters. The van der Waals surface area contributed by atoms with E-state index >= 15 is 0 Å². The minimum Gasteiger partial charge on any atom is -0.334 e. The second-order valence-electron chi connectivity index (χ2n) is 6.64. The summed E-state index contributed by atoms with van der Waals surface area (Å²) < 4.78 is 0. The highest BCUT2D eigenvalue weighted by Gasteiger charge is 2.33. The average Bonchev–Trinajstić information content (AvgIpc) is 3.26. The molecule has 4 heteroatoms. The van der Waals surface area contributed by atoms with Crippen LogP contribution in [0.3, 0.4) is 0 Å². The van der Waals surface area contributed by atoms with E-state index in [9.17, 15) is 9.59 Å². The lowest BCUT2D eigenvalue weighted by atomic mass is 10.1. The van der Waals surface area contributed by atoms with E-state index in [-0.39, 0.29) is 17.9 Å². The Hall–Kier alpha value is -2.10. The van der Waals surface area contributed by atoms with Gasteiger partial charge in [-0.25, -0.2) is 0 Å². The zero-order chi connectivity index (χ0) is 16.4. The first-order valence-corrected chi connectivity index (χ1v) is 8.47. The molecule has 3 rings (SSSR count). The molecule has 0 bridgehead atoms. The third-order valence-electron chi connectivity index (χ3n) is 4.45. The second kappa shape index (κ2) is 6.57. The van der Waals surface area contributed by atoms with Gasteiger partial charge in [-0.15, -0.1) is 0 Å². The van der Waals surface area contributed by atoms with E-state index in [0.29, 0.717) is 12.5 Å². The lowest BCUT2D eigenvalue weighted by Crippen LogP contribution is -2.37. The van der Waals surface area contributed by atoms with Gasteiger partial charge in [0.25, 0.3) is 0 Å². The summed E-state index contributed by atoms with van der Waals surface area (Å²) in [6.07, 6.45) is 7.33. The van der Waals surface area contributed by atoms with Crippen LogP contribution in [0.4, 0.5) is 5.69 Å². The number of hydrogen-bond acceptors (Lipinski definition) is 2. The lowest BCUT2D eigenvalue weighted by molar-refractivity contribution is -0.128. The number of anilines is 1. The monoisotopic (exact) mass is 312 g/mol. The summed E-state index contributed by atoms with van der Waals surface area (Å²) in [4.78, 5) is 27.9. The molecule has 1 aliphatic carbocycles. The average molecular weight is 312 g/mol. The third kappa shape index (κ3) is 3.63. The summed E-state index contributed by atoms with van der Waals surface area (Å²) in [7, 11) is 0. The first-order chi connectivity index (χ1) is 11.1. The molecule has 1 aromatic rings. The zero-order valence-electron chi connectivity index (χ0n) is 13.9. The molecule has 0 N–H and O–H groups in total. The predicted octanol–water partition coefficient (Wildman–Crippen LogP) is 3.23. The van der Waals surface area contributed by atoms with E-state index in [4.69, 9.17) is 0 Å². The summed E-state index contributed by atoms with van der Waals surface area (Å²) in [5, 5.41) is 0. The summed E-state index contributed by atoms with van der Waals surface area (Å²) in [5.74, 6) is 0.279. The molecular formula is C19H24N2O2. The lowest BCUT2D eigenvalue weighted by Gasteiger charge is -2.25. The van der Waals surface area contributed by atoms with Gasteiger partial charge in [-0.3, -0.25) is 9.59 Å². The molecule has 1 aromatic carbocycles. The van der Waals surface area contributed by atoms with Crippen LogP contribution in [0.1, 0.15) is 45.1 Å². The Morgan fingerprint density at radius 2 is 1.96 bits per heavy atom. The fourth-order valence-electron chi connectivity index (χ4n) is 3.15. The SMILES string of the molecule is CC(C)N(C(=O)/C=C/c1ccc(N2CCCC2=O)cc1)C1CC1. The first kappa shape index (κ1) is 15.8. The van der Waals surface area contributed by atoms with Crippen LogP contribution in [-0.4, -0.2) is 35.3 Å². The van der Waals surface area contributed by atoms with Gasteiger partial charge in [0.1, 0.15) is 0 Å². The summed E-state index contributed by atoms with van der Waals surface area (Å²) in [6.45, 7) is 4.93. The standard InChI is InChI=1S/C19H24N2O2/c1-14(2)21(17-10-11-17)19(23)12-7-15-5-8-16(9-6-15)20-13-3-4-18(20)22/h5-9,12,14,17H,3-4,10-11,13H2,1-2H3/b12-7+. The highest BCUT2D eigenvalue weighted by Crippen LogP contribution is 2.29. The van der Waals surface area contributed by atoms with Crippen molar-refractivity contribution in [3.05, 3.63) is 35.9 Å². The van der Waals surface area contributed by atoms with E-state index < -0.39 is 0 Å². The summed E-state index contributed by atoms with van der Waals surface area (Å²) >= 11 is 0. The topological polar surface area (TPSA) is 40.6 Å². The maximum atomic E-state index is 12.3. The molecule has 2 amide bonds. The Labute approximate surface area is 137 Å². The Morgan fingerprint density at radius 3 is 2.48 bits per heavy atom. The molecule has 1 saturated heterocycles. The Kier molecular flexibility index (Phi) is 4.51. The molecule has 23 heavy (non-hydrogen) atoms. The van der Waals surface area contributed by atoms with E-state index in [1.165, 1.54) is 0 Å². The van der Waals surface area contributed by atoms with Crippen molar-refractivity contribution < 1.29 is 9.59 Å². The summed E-state index contributed by atoms with van der Waals surface area (Å²) in [6, 6.07) is 8.49. The third-order valence-corrected chi connectivity index (χ3v) is 4.45. The van der Waals surface area contributed by atoms with Gasteiger partial charge in [0.15, 0.2) is 0 Å². The van der Waals surface area contributed by atoms with Crippen molar-refractivity contribution in [3.63, 3.8) is 0 Å². The van der Waals surface area contributed by atoms with E-state index in [0.717, 1.165) is 37.1 Å². The maximum Gasteiger partial charge on any atom is 0.247 e. The molecule has 0 aromatic heterocycles. The molecule has 2 aliphatic rings. The van der Waals surface area contributed by atoms with Crippen LogP contribution in [0.2, 0.25) is 0 Å². The van der Waals surface area contributed by atoms with Gasteiger partial charge in [-0.1, -0.05) is 12.1 Å². The van der Waals surface area contributed by atoms with Crippen molar-refractivity contribution in [3.8, 4) is 0 Å². The minimum absolute atomic E-state index is 0.0845. The second-order valence-corrected chi connectivity index (χ2v) is 6.64. The van der Waals surface area contributed by atoms with Gasteiger partial charge in [0.05, 0.1) is 0 Å². The molecule has 0 spiro atoms. The fraction of sp³-hybridized carbons (Fsp3) is 0.474. The van der Waals surface area contributed by atoms with Crippen LogP contribution in [0.5, 0.6) is 0 Å². The predicted molar refractivity (Wildman–Crippen MR) is 92.1 cm³/mol. The summed E-state index contributed by atoms with van der Waals surface area (Å²) in [5.41, 5.74) is 1.92. The fourth-order valence-corrected chi connectivity index (χ4v) is 3.15. The van der Waals surface area contributed by atoms with Gasteiger partial charge < -0.3 is 9.80 Å². The van der Waals surface area contributed by atoms with Crippen LogP contribution < -0.4 is 4.90 Å². The Morgan fingerprint density at radius 1 is 1.26 bits per heavy atom. The smallest absolute Gasteiger partial charge is 0.247 e. The molecule has 2 fully saturated rings. The number of benzene rings is 1. The molecular weight excluding hydrogens is 288 g/mol. The molecule has 1 aliphatic heterocycles. The number of amides is 2. The number of carbonyl (C=O) groups is 2. The highest BCUT2D eigenvalue weighted by molar-refractivity contribution is 5.95.